The third kappa shape index (κ3) is 3.25. The Morgan fingerprint density at radius 2 is 1.89 bits per heavy atom. The van der Waals surface area contributed by atoms with Crippen molar-refractivity contribution in [2.24, 2.45) is 0 Å². The molecule has 0 saturated carbocycles. The second-order valence-electron chi connectivity index (χ2n) is 3.69. The molecular weight excluding hydrogens is 271 g/mol. The fourth-order valence-electron chi connectivity index (χ4n) is 1.54. The van der Waals surface area contributed by atoms with Gasteiger partial charge in [0.15, 0.2) is 0 Å². The maximum atomic E-state index is 11.2. The van der Waals surface area contributed by atoms with Crippen molar-refractivity contribution in [2.45, 2.75) is 6.61 Å². The minimum absolute atomic E-state index is 0.335. The van der Waals surface area contributed by atoms with Gasteiger partial charge < -0.3 is 4.74 Å². The first-order chi connectivity index (χ1) is 8.66. The molecule has 0 heterocycles. The molecule has 0 aromatic heterocycles. The zero-order valence-electron chi connectivity index (χ0n) is 9.40. The SMILES string of the molecule is O=C(Cl)c1ccccc1OCc1cccc(Cl)c1. The van der Waals surface area contributed by atoms with E-state index in [9.17, 15) is 4.79 Å². The van der Waals surface area contributed by atoms with Gasteiger partial charge in [-0.15, -0.1) is 0 Å². The monoisotopic (exact) mass is 280 g/mol. The Bertz CT molecular complexity index is 567. The van der Waals surface area contributed by atoms with Gasteiger partial charge in [-0.05, 0) is 41.4 Å². The Morgan fingerprint density at radius 3 is 2.61 bits per heavy atom. The van der Waals surface area contributed by atoms with E-state index in [-0.39, 0.29) is 0 Å². The molecule has 2 aromatic rings. The van der Waals surface area contributed by atoms with E-state index >= 15 is 0 Å². The molecule has 0 unspecified atom stereocenters. The van der Waals surface area contributed by atoms with Crippen LogP contribution in [0.3, 0.4) is 0 Å². The second-order valence-corrected chi connectivity index (χ2v) is 4.47. The van der Waals surface area contributed by atoms with Crippen molar-refractivity contribution in [3.8, 4) is 5.75 Å². The van der Waals surface area contributed by atoms with Crippen LogP contribution in [0.25, 0.3) is 0 Å². The van der Waals surface area contributed by atoms with Gasteiger partial charge in [0.25, 0.3) is 5.24 Å². The maximum absolute atomic E-state index is 11.2. The number of hydrogen-bond donors (Lipinski definition) is 0. The predicted octanol–water partition coefficient (Wildman–Crippen LogP) is 4.30. The highest BCUT2D eigenvalue weighted by molar-refractivity contribution is 6.68. The summed E-state index contributed by atoms with van der Waals surface area (Å²) in [7, 11) is 0. The van der Waals surface area contributed by atoms with Crippen molar-refractivity contribution in [1.29, 1.82) is 0 Å². The number of ether oxygens (including phenoxy) is 1. The highest BCUT2D eigenvalue weighted by Crippen LogP contribution is 2.21. The van der Waals surface area contributed by atoms with Gasteiger partial charge in [0.05, 0.1) is 5.56 Å². The van der Waals surface area contributed by atoms with Crippen LogP contribution in [0.2, 0.25) is 5.02 Å². The third-order valence-electron chi connectivity index (χ3n) is 2.38. The molecule has 2 aromatic carbocycles. The molecule has 0 N–H and O–H groups in total. The molecule has 18 heavy (non-hydrogen) atoms. The van der Waals surface area contributed by atoms with Crippen LogP contribution in [0.15, 0.2) is 48.5 Å². The summed E-state index contributed by atoms with van der Waals surface area (Å²) in [6.07, 6.45) is 0. The second kappa shape index (κ2) is 5.89. The molecule has 2 rings (SSSR count). The first-order valence-corrected chi connectivity index (χ1v) is 6.08. The van der Waals surface area contributed by atoms with Crippen LogP contribution < -0.4 is 4.74 Å². The number of carbonyl (C=O) groups excluding carboxylic acids is 1. The molecule has 4 heteroatoms. The van der Waals surface area contributed by atoms with Gasteiger partial charge in [-0.3, -0.25) is 4.79 Å². The zero-order valence-corrected chi connectivity index (χ0v) is 10.9. The fraction of sp³-hybridized carbons (Fsp3) is 0.0714. The fourth-order valence-corrected chi connectivity index (χ4v) is 1.91. The summed E-state index contributed by atoms with van der Waals surface area (Å²) in [4.78, 5) is 11.2. The van der Waals surface area contributed by atoms with Crippen LogP contribution in [0.1, 0.15) is 15.9 Å². The number of rotatable bonds is 4. The average Bonchev–Trinajstić information content (AvgIpc) is 2.37. The summed E-state index contributed by atoms with van der Waals surface area (Å²) >= 11 is 11.4. The summed E-state index contributed by atoms with van der Waals surface area (Å²) in [6, 6.07) is 14.2. The highest BCUT2D eigenvalue weighted by Gasteiger charge is 2.09. The molecule has 2 nitrogen and oxygen atoms in total. The summed E-state index contributed by atoms with van der Waals surface area (Å²) in [5, 5.41) is 0.120. The lowest BCUT2D eigenvalue weighted by molar-refractivity contribution is 0.107. The number of carbonyl (C=O) groups is 1. The smallest absolute Gasteiger partial charge is 0.256 e. The van der Waals surface area contributed by atoms with Gasteiger partial charge in [0.1, 0.15) is 12.4 Å². The molecule has 0 bridgehead atoms. The van der Waals surface area contributed by atoms with Crippen molar-refractivity contribution in [3.05, 3.63) is 64.7 Å². The molecule has 0 aliphatic heterocycles. The Labute approximate surface area is 115 Å². The van der Waals surface area contributed by atoms with Crippen LogP contribution in [0, 0.1) is 0 Å². The lowest BCUT2D eigenvalue weighted by atomic mass is 10.2. The number of benzene rings is 2. The third-order valence-corrected chi connectivity index (χ3v) is 2.82. The predicted molar refractivity (Wildman–Crippen MR) is 72.4 cm³/mol. The normalized spacial score (nSPS) is 10.1. The van der Waals surface area contributed by atoms with E-state index in [1.54, 1.807) is 30.3 Å². The van der Waals surface area contributed by atoms with E-state index in [1.807, 2.05) is 18.2 Å². The topological polar surface area (TPSA) is 26.3 Å². The first-order valence-electron chi connectivity index (χ1n) is 5.33. The Hall–Kier alpha value is -1.51. The molecule has 0 aliphatic rings. The summed E-state index contributed by atoms with van der Waals surface area (Å²) in [5.41, 5.74) is 1.29. The van der Waals surface area contributed by atoms with Gasteiger partial charge in [-0.1, -0.05) is 35.9 Å². The lowest BCUT2D eigenvalue weighted by Crippen LogP contribution is -2.00. The van der Waals surface area contributed by atoms with Crippen LogP contribution in [-0.4, -0.2) is 5.24 Å². The molecule has 0 radical (unpaired) electrons. The van der Waals surface area contributed by atoms with Crippen LogP contribution >= 0.6 is 23.2 Å². The minimum Gasteiger partial charge on any atom is -0.488 e. The quantitative estimate of drug-likeness (QED) is 0.781. The standard InChI is InChI=1S/C14H10Cl2O2/c15-11-5-3-4-10(8-11)9-18-13-7-2-1-6-12(13)14(16)17/h1-8H,9H2. The summed E-state index contributed by atoms with van der Waals surface area (Å²) in [5.74, 6) is 0.470. The van der Waals surface area contributed by atoms with E-state index in [4.69, 9.17) is 27.9 Å². The Kier molecular flexibility index (Phi) is 4.24. The molecule has 0 atom stereocenters. The molecule has 0 aliphatic carbocycles. The number of para-hydroxylation sites is 1. The molecule has 0 saturated heterocycles. The van der Waals surface area contributed by atoms with Crippen molar-refractivity contribution in [3.63, 3.8) is 0 Å². The Balaban J connectivity index is 2.13. The molecular formula is C14H10Cl2O2. The molecule has 0 fully saturated rings. The summed E-state index contributed by atoms with van der Waals surface area (Å²) < 4.78 is 5.58. The number of hydrogen-bond acceptors (Lipinski definition) is 2. The summed E-state index contributed by atoms with van der Waals surface area (Å²) in [6.45, 7) is 0.335. The van der Waals surface area contributed by atoms with Gasteiger partial charge in [-0.25, -0.2) is 0 Å². The maximum Gasteiger partial charge on any atom is 0.256 e. The van der Waals surface area contributed by atoms with E-state index in [0.717, 1.165) is 5.56 Å². The van der Waals surface area contributed by atoms with Crippen LogP contribution in [0.4, 0.5) is 0 Å². The largest absolute Gasteiger partial charge is 0.488 e. The average molecular weight is 281 g/mol. The van der Waals surface area contributed by atoms with Gasteiger partial charge >= 0.3 is 0 Å². The van der Waals surface area contributed by atoms with Gasteiger partial charge in [0.2, 0.25) is 0 Å². The van der Waals surface area contributed by atoms with E-state index in [0.29, 0.717) is 22.9 Å². The van der Waals surface area contributed by atoms with Gasteiger partial charge in [0, 0.05) is 5.02 Å². The molecule has 0 amide bonds. The number of halogens is 2. The lowest BCUT2D eigenvalue weighted by Gasteiger charge is -2.09. The van der Waals surface area contributed by atoms with Crippen LogP contribution in [-0.2, 0) is 6.61 Å². The molecule has 92 valence electrons. The molecule has 0 spiro atoms. The van der Waals surface area contributed by atoms with E-state index < -0.39 is 5.24 Å². The van der Waals surface area contributed by atoms with Crippen LogP contribution in [0.5, 0.6) is 5.75 Å². The van der Waals surface area contributed by atoms with Gasteiger partial charge in [-0.2, -0.15) is 0 Å². The van der Waals surface area contributed by atoms with E-state index in [1.165, 1.54) is 0 Å². The van der Waals surface area contributed by atoms with Crippen molar-refractivity contribution < 1.29 is 9.53 Å². The van der Waals surface area contributed by atoms with E-state index in [2.05, 4.69) is 0 Å². The zero-order chi connectivity index (χ0) is 13.0. The highest BCUT2D eigenvalue weighted by atomic mass is 35.5. The minimum atomic E-state index is -0.531. The van der Waals surface area contributed by atoms with Crippen molar-refractivity contribution >= 4 is 28.4 Å². The van der Waals surface area contributed by atoms with Crippen molar-refractivity contribution in [1.82, 2.24) is 0 Å². The Morgan fingerprint density at radius 1 is 1.11 bits per heavy atom. The van der Waals surface area contributed by atoms with Crippen molar-refractivity contribution in [2.75, 3.05) is 0 Å². The first kappa shape index (κ1) is 12.9.